The van der Waals surface area contributed by atoms with E-state index in [9.17, 15) is 9.90 Å². The fraction of sp³-hybridized carbons (Fsp3) is 0.500. The Bertz CT molecular complexity index is 495. The lowest BCUT2D eigenvalue weighted by Crippen LogP contribution is -2.29. The first-order valence-electron chi connectivity index (χ1n) is 5.97. The molecule has 98 valence electrons. The summed E-state index contributed by atoms with van der Waals surface area (Å²) in [5.41, 5.74) is 0.744. The second-order valence-corrected chi connectivity index (χ2v) is 7.18. The first kappa shape index (κ1) is 13.6. The maximum Gasteiger partial charge on any atom is 0.251 e. The van der Waals surface area contributed by atoms with Crippen LogP contribution < -0.4 is 5.32 Å². The normalized spacial score (nSPS) is 20.5. The molecule has 2 N–H and O–H groups in total. The number of rotatable bonds is 2. The van der Waals surface area contributed by atoms with Gasteiger partial charge in [0.05, 0.1) is 3.57 Å². The third kappa shape index (κ3) is 2.00. The minimum atomic E-state index is -0.120. The van der Waals surface area contributed by atoms with Crippen LogP contribution in [0.5, 0.6) is 5.75 Å². The Hall–Kier alpha value is -0.780. The van der Waals surface area contributed by atoms with Crippen molar-refractivity contribution >= 4 is 28.5 Å². The van der Waals surface area contributed by atoms with Crippen LogP contribution in [0.2, 0.25) is 0 Å². The highest BCUT2D eigenvalue weighted by Crippen LogP contribution is 2.62. The molecule has 0 aromatic heterocycles. The number of aromatic hydroxyl groups is 1. The molecule has 0 spiro atoms. The maximum absolute atomic E-state index is 12.1. The monoisotopic (exact) mass is 359 g/mol. The quantitative estimate of drug-likeness (QED) is 0.797. The van der Waals surface area contributed by atoms with Crippen LogP contribution in [0.1, 0.15) is 38.1 Å². The molecule has 1 aliphatic rings. The van der Waals surface area contributed by atoms with E-state index in [-0.39, 0.29) is 28.5 Å². The molecule has 0 saturated heterocycles. The lowest BCUT2D eigenvalue weighted by Gasteiger charge is -2.07. The molecule has 0 heterocycles. The molecular formula is C14H18INO2. The zero-order valence-electron chi connectivity index (χ0n) is 11.0. The van der Waals surface area contributed by atoms with Crippen molar-refractivity contribution in [3.8, 4) is 5.75 Å². The number of halogens is 1. The van der Waals surface area contributed by atoms with Crippen LogP contribution in [0.25, 0.3) is 0 Å². The summed E-state index contributed by atoms with van der Waals surface area (Å²) in [6, 6.07) is 5.17. The minimum Gasteiger partial charge on any atom is -0.507 e. The molecule has 1 fully saturated rings. The number of phenolic OH excluding ortho intramolecular Hbond substituents is 1. The van der Waals surface area contributed by atoms with Crippen LogP contribution in [0.15, 0.2) is 18.2 Å². The molecule has 1 amide bonds. The van der Waals surface area contributed by atoms with Crippen molar-refractivity contribution in [3.05, 3.63) is 27.3 Å². The van der Waals surface area contributed by atoms with E-state index in [0.717, 1.165) is 3.57 Å². The van der Waals surface area contributed by atoms with Gasteiger partial charge in [-0.25, -0.2) is 0 Å². The Morgan fingerprint density at radius 1 is 1.28 bits per heavy atom. The minimum absolute atomic E-state index is 0.119. The van der Waals surface area contributed by atoms with E-state index in [0.29, 0.717) is 5.56 Å². The van der Waals surface area contributed by atoms with E-state index in [1.165, 1.54) is 6.07 Å². The lowest BCUT2D eigenvalue weighted by molar-refractivity contribution is 0.0943. The summed E-state index contributed by atoms with van der Waals surface area (Å²) in [5, 5.41) is 12.7. The molecule has 1 saturated carbocycles. The molecule has 3 nitrogen and oxygen atoms in total. The lowest BCUT2D eigenvalue weighted by atomic mass is 10.0. The van der Waals surface area contributed by atoms with Crippen LogP contribution in [0.4, 0.5) is 0 Å². The van der Waals surface area contributed by atoms with Gasteiger partial charge in [-0.3, -0.25) is 4.79 Å². The van der Waals surface area contributed by atoms with Gasteiger partial charge in [-0.2, -0.15) is 0 Å². The average Bonchev–Trinajstić information content (AvgIpc) is 2.65. The van der Waals surface area contributed by atoms with Gasteiger partial charge in [-0.15, -0.1) is 0 Å². The summed E-state index contributed by atoms with van der Waals surface area (Å²) in [6.45, 7) is 8.62. The molecule has 0 atom stereocenters. The first-order valence-corrected chi connectivity index (χ1v) is 7.05. The Balaban J connectivity index is 2.12. The summed E-state index contributed by atoms with van der Waals surface area (Å²) < 4.78 is 0.747. The number of benzene rings is 1. The number of nitrogens with one attached hydrogen (secondary N) is 1. The Morgan fingerprint density at radius 3 is 2.28 bits per heavy atom. The zero-order valence-corrected chi connectivity index (χ0v) is 13.2. The third-order valence-electron chi connectivity index (χ3n) is 4.50. The van der Waals surface area contributed by atoms with E-state index in [1.807, 2.05) is 22.6 Å². The van der Waals surface area contributed by atoms with Crippen LogP contribution in [0.3, 0.4) is 0 Å². The highest BCUT2D eigenvalue weighted by atomic mass is 127. The second kappa shape index (κ2) is 4.11. The van der Waals surface area contributed by atoms with Gasteiger partial charge >= 0.3 is 0 Å². The summed E-state index contributed by atoms with van der Waals surface area (Å²) >= 11 is 2.03. The number of carbonyl (C=O) groups excluding carboxylic acids is 1. The van der Waals surface area contributed by atoms with Crippen molar-refractivity contribution in [2.45, 2.75) is 33.7 Å². The van der Waals surface area contributed by atoms with E-state index in [2.05, 4.69) is 33.0 Å². The van der Waals surface area contributed by atoms with E-state index >= 15 is 0 Å². The SMILES string of the molecule is CC1(C)C(NC(=O)c2ccc(I)c(O)c2)C1(C)C. The van der Waals surface area contributed by atoms with Crippen molar-refractivity contribution in [1.29, 1.82) is 0 Å². The molecule has 1 aromatic rings. The molecule has 1 aliphatic carbocycles. The Morgan fingerprint density at radius 2 is 1.83 bits per heavy atom. The summed E-state index contributed by atoms with van der Waals surface area (Å²) in [4.78, 5) is 12.1. The van der Waals surface area contributed by atoms with Crippen molar-refractivity contribution in [2.24, 2.45) is 10.8 Å². The van der Waals surface area contributed by atoms with Crippen LogP contribution in [-0.2, 0) is 0 Å². The predicted molar refractivity (Wildman–Crippen MR) is 79.6 cm³/mol. The van der Waals surface area contributed by atoms with Gasteiger partial charge in [0.2, 0.25) is 0 Å². The highest BCUT2D eigenvalue weighted by Gasteiger charge is 2.65. The number of carbonyl (C=O) groups is 1. The van der Waals surface area contributed by atoms with E-state index in [4.69, 9.17) is 0 Å². The first-order chi connectivity index (χ1) is 8.18. The van der Waals surface area contributed by atoms with Gasteiger partial charge in [0, 0.05) is 11.6 Å². The number of amides is 1. The van der Waals surface area contributed by atoms with Gasteiger partial charge in [0.15, 0.2) is 0 Å². The second-order valence-electron chi connectivity index (χ2n) is 6.02. The third-order valence-corrected chi connectivity index (χ3v) is 5.42. The standard InChI is InChI=1S/C14H18INO2/c1-13(2)12(14(13,3)4)16-11(18)8-5-6-9(15)10(17)7-8/h5-7,12,17H,1-4H3,(H,16,18). The van der Waals surface area contributed by atoms with Gasteiger partial charge in [0.25, 0.3) is 5.91 Å². The zero-order chi connectivity index (χ0) is 13.7. The summed E-state index contributed by atoms with van der Waals surface area (Å²) in [5.74, 6) is 0.0305. The molecule has 2 rings (SSSR count). The molecular weight excluding hydrogens is 341 g/mol. The van der Waals surface area contributed by atoms with Crippen LogP contribution in [0, 0.1) is 14.4 Å². The maximum atomic E-state index is 12.1. The van der Waals surface area contributed by atoms with Crippen molar-refractivity contribution in [1.82, 2.24) is 5.32 Å². The molecule has 0 bridgehead atoms. The number of hydrogen-bond donors (Lipinski definition) is 2. The smallest absolute Gasteiger partial charge is 0.251 e. The average molecular weight is 359 g/mol. The summed E-state index contributed by atoms with van der Waals surface area (Å²) in [6.07, 6.45) is 0. The Kier molecular flexibility index (Phi) is 3.12. The fourth-order valence-electron chi connectivity index (χ4n) is 2.43. The molecule has 4 heteroatoms. The van der Waals surface area contributed by atoms with Gasteiger partial charge < -0.3 is 10.4 Å². The largest absolute Gasteiger partial charge is 0.507 e. The van der Waals surface area contributed by atoms with Crippen LogP contribution in [-0.4, -0.2) is 17.1 Å². The Labute approximate surface area is 121 Å². The van der Waals surface area contributed by atoms with Gasteiger partial charge in [-0.05, 0) is 51.6 Å². The topological polar surface area (TPSA) is 49.3 Å². The van der Waals surface area contributed by atoms with Crippen LogP contribution >= 0.6 is 22.6 Å². The number of phenols is 1. The highest BCUT2D eigenvalue weighted by molar-refractivity contribution is 14.1. The van der Waals surface area contributed by atoms with Crippen molar-refractivity contribution in [3.63, 3.8) is 0 Å². The fourth-order valence-corrected chi connectivity index (χ4v) is 2.76. The predicted octanol–water partition coefficient (Wildman–Crippen LogP) is 3.16. The summed E-state index contributed by atoms with van der Waals surface area (Å²) in [7, 11) is 0. The molecule has 18 heavy (non-hydrogen) atoms. The molecule has 0 radical (unpaired) electrons. The molecule has 0 aliphatic heterocycles. The molecule has 1 aromatic carbocycles. The van der Waals surface area contributed by atoms with E-state index in [1.54, 1.807) is 12.1 Å². The molecule has 0 unspecified atom stereocenters. The number of hydrogen-bond acceptors (Lipinski definition) is 2. The van der Waals surface area contributed by atoms with E-state index < -0.39 is 0 Å². The van der Waals surface area contributed by atoms with Crippen molar-refractivity contribution in [2.75, 3.05) is 0 Å². The van der Waals surface area contributed by atoms with Gasteiger partial charge in [-0.1, -0.05) is 27.7 Å². The van der Waals surface area contributed by atoms with Gasteiger partial charge in [0.1, 0.15) is 5.75 Å². The van der Waals surface area contributed by atoms with Crippen molar-refractivity contribution < 1.29 is 9.90 Å².